The number of rotatable bonds is 2. The molecule has 1 aliphatic rings. The van der Waals surface area contributed by atoms with Crippen LogP contribution >= 0.6 is 24.8 Å². The largest absolute Gasteiger partial charge is 0.508 e. The molecule has 0 aliphatic carbocycles. The Morgan fingerprint density at radius 2 is 1.88 bits per heavy atom. The molecule has 17 heavy (non-hydrogen) atoms. The van der Waals surface area contributed by atoms with Crippen molar-refractivity contribution in [2.75, 3.05) is 26.2 Å². The second kappa shape index (κ2) is 7.77. The summed E-state index contributed by atoms with van der Waals surface area (Å²) in [6, 6.07) is 5.90. The smallest absolute Gasteiger partial charge is 0.120 e. The number of aryl methyl sites for hydroxylation is 1. The van der Waals surface area contributed by atoms with Crippen LogP contribution in [0.25, 0.3) is 0 Å². The normalized spacial score (nSPS) is 15.8. The number of hydrogen-bond acceptors (Lipinski definition) is 3. The first-order valence-corrected chi connectivity index (χ1v) is 5.47. The molecule has 0 amide bonds. The lowest BCUT2D eigenvalue weighted by Gasteiger charge is -2.27. The van der Waals surface area contributed by atoms with Crippen LogP contribution in [-0.4, -0.2) is 36.2 Å². The van der Waals surface area contributed by atoms with Crippen molar-refractivity contribution in [1.82, 2.24) is 10.2 Å². The topological polar surface area (TPSA) is 35.5 Å². The number of halogens is 2. The highest BCUT2D eigenvalue weighted by atomic mass is 35.5. The maximum absolute atomic E-state index is 9.78. The fourth-order valence-electron chi connectivity index (χ4n) is 1.92. The highest BCUT2D eigenvalue weighted by molar-refractivity contribution is 5.85. The summed E-state index contributed by atoms with van der Waals surface area (Å²) in [5, 5.41) is 13.1. The van der Waals surface area contributed by atoms with Gasteiger partial charge in [-0.25, -0.2) is 0 Å². The Morgan fingerprint density at radius 1 is 1.24 bits per heavy atom. The third kappa shape index (κ3) is 4.72. The summed E-state index contributed by atoms with van der Waals surface area (Å²) in [6.07, 6.45) is 0. The number of nitrogens with one attached hydrogen (secondary N) is 1. The Kier molecular flexibility index (Phi) is 7.55. The van der Waals surface area contributed by atoms with E-state index in [0.29, 0.717) is 5.75 Å². The van der Waals surface area contributed by atoms with E-state index in [1.165, 1.54) is 0 Å². The zero-order valence-corrected chi connectivity index (χ0v) is 11.6. The zero-order valence-electron chi connectivity index (χ0n) is 9.98. The van der Waals surface area contributed by atoms with Gasteiger partial charge in [-0.05, 0) is 18.6 Å². The van der Waals surface area contributed by atoms with Gasteiger partial charge in [-0.1, -0.05) is 12.1 Å². The van der Waals surface area contributed by atoms with Crippen LogP contribution in [-0.2, 0) is 6.54 Å². The lowest BCUT2D eigenvalue weighted by atomic mass is 10.1. The van der Waals surface area contributed by atoms with Crippen molar-refractivity contribution in [2.24, 2.45) is 0 Å². The van der Waals surface area contributed by atoms with Crippen LogP contribution in [0.4, 0.5) is 0 Å². The number of piperazine rings is 1. The average molecular weight is 279 g/mol. The maximum atomic E-state index is 9.78. The van der Waals surface area contributed by atoms with Crippen molar-refractivity contribution in [2.45, 2.75) is 13.5 Å². The Morgan fingerprint density at radius 3 is 2.47 bits per heavy atom. The molecule has 0 unspecified atom stereocenters. The Bertz CT molecular complexity index is 341. The van der Waals surface area contributed by atoms with Crippen molar-refractivity contribution < 1.29 is 5.11 Å². The number of nitrogens with zero attached hydrogens (tertiary/aromatic N) is 1. The summed E-state index contributed by atoms with van der Waals surface area (Å²) in [7, 11) is 0. The zero-order chi connectivity index (χ0) is 10.7. The van der Waals surface area contributed by atoms with Crippen molar-refractivity contribution in [3.8, 4) is 5.75 Å². The molecule has 98 valence electrons. The summed E-state index contributed by atoms with van der Waals surface area (Å²) in [5.74, 6) is 0.425. The van der Waals surface area contributed by atoms with E-state index in [1.807, 2.05) is 19.1 Å². The SMILES string of the molecule is Cc1ccc(CN2CCNCC2)c(O)c1.Cl.Cl. The highest BCUT2D eigenvalue weighted by Gasteiger charge is 2.11. The van der Waals surface area contributed by atoms with E-state index < -0.39 is 0 Å². The Balaban J connectivity index is 0.00000128. The molecule has 1 aliphatic heterocycles. The first-order chi connectivity index (χ1) is 7.25. The van der Waals surface area contributed by atoms with Gasteiger partial charge in [-0.3, -0.25) is 4.90 Å². The van der Waals surface area contributed by atoms with E-state index in [1.54, 1.807) is 0 Å². The van der Waals surface area contributed by atoms with E-state index >= 15 is 0 Å². The van der Waals surface area contributed by atoms with E-state index in [-0.39, 0.29) is 24.8 Å². The molecular weight excluding hydrogens is 259 g/mol. The third-order valence-corrected chi connectivity index (χ3v) is 2.84. The Labute approximate surface area is 115 Å². The molecule has 0 spiro atoms. The molecule has 1 saturated heterocycles. The van der Waals surface area contributed by atoms with Crippen LogP contribution in [0.5, 0.6) is 5.75 Å². The first-order valence-electron chi connectivity index (χ1n) is 5.47. The fraction of sp³-hybridized carbons (Fsp3) is 0.500. The summed E-state index contributed by atoms with van der Waals surface area (Å²) in [6.45, 7) is 7.07. The second-order valence-electron chi connectivity index (χ2n) is 4.16. The van der Waals surface area contributed by atoms with E-state index in [0.717, 1.165) is 43.9 Å². The van der Waals surface area contributed by atoms with Crippen LogP contribution in [0.1, 0.15) is 11.1 Å². The molecule has 5 heteroatoms. The van der Waals surface area contributed by atoms with E-state index in [9.17, 15) is 5.11 Å². The first kappa shape index (κ1) is 16.5. The van der Waals surface area contributed by atoms with Gasteiger partial charge in [0.1, 0.15) is 5.75 Å². The van der Waals surface area contributed by atoms with E-state index in [2.05, 4.69) is 16.3 Å². The van der Waals surface area contributed by atoms with Gasteiger partial charge in [0, 0.05) is 38.3 Å². The molecule has 1 heterocycles. The monoisotopic (exact) mass is 278 g/mol. The van der Waals surface area contributed by atoms with Gasteiger partial charge >= 0.3 is 0 Å². The number of benzene rings is 1. The molecule has 1 fully saturated rings. The van der Waals surface area contributed by atoms with Gasteiger partial charge in [0.25, 0.3) is 0 Å². The minimum absolute atomic E-state index is 0. The quantitative estimate of drug-likeness (QED) is 0.868. The van der Waals surface area contributed by atoms with Crippen LogP contribution in [0.2, 0.25) is 0 Å². The molecule has 0 atom stereocenters. The molecule has 3 nitrogen and oxygen atoms in total. The van der Waals surface area contributed by atoms with Crippen LogP contribution in [0.15, 0.2) is 18.2 Å². The minimum atomic E-state index is 0. The van der Waals surface area contributed by atoms with Crippen LogP contribution in [0.3, 0.4) is 0 Å². The van der Waals surface area contributed by atoms with Crippen molar-refractivity contribution in [3.05, 3.63) is 29.3 Å². The van der Waals surface area contributed by atoms with Crippen LogP contribution in [0, 0.1) is 6.92 Å². The number of hydrogen-bond donors (Lipinski definition) is 2. The molecule has 0 bridgehead atoms. The lowest BCUT2D eigenvalue weighted by Crippen LogP contribution is -2.42. The molecule has 0 saturated carbocycles. The maximum Gasteiger partial charge on any atom is 0.120 e. The molecular formula is C12H20Cl2N2O. The molecule has 2 rings (SSSR count). The van der Waals surface area contributed by atoms with Gasteiger partial charge in [0.15, 0.2) is 0 Å². The fourth-order valence-corrected chi connectivity index (χ4v) is 1.92. The van der Waals surface area contributed by atoms with Crippen LogP contribution < -0.4 is 5.32 Å². The average Bonchev–Trinajstić information content (AvgIpc) is 2.24. The predicted octanol–water partition coefficient (Wildman–Crippen LogP) is 1.95. The van der Waals surface area contributed by atoms with Crippen molar-refractivity contribution in [1.29, 1.82) is 0 Å². The standard InChI is InChI=1S/C12H18N2O.2ClH/c1-10-2-3-11(12(15)8-10)9-14-6-4-13-5-7-14;;/h2-3,8,13,15H,4-7,9H2,1H3;2*1H. The molecule has 2 N–H and O–H groups in total. The van der Waals surface area contributed by atoms with Gasteiger partial charge in [0.2, 0.25) is 0 Å². The summed E-state index contributed by atoms with van der Waals surface area (Å²) >= 11 is 0. The Hall–Kier alpha value is -0.480. The van der Waals surface area contributed by atoms with Gasteiger partial charge in [0.05, 0.1) is 0 Å². The minimum Gasteiger partial charge on any atom is -0.508 e. The third-order valence-electron chi connectivity index (χ3n) is 2.84. The number of aromatic hydroxyl groups is 1. The molecule has 1 aromatic rings. The van der Waals surface area contributed by atoms with Gasteiger partial charge < -0.3 is 10.4 Å². The lowest BCUT2D eigenvalue weighted by molar-refractivity contribution is 0.230. The molecule has 0 radical (unpaired) electrons. The summed E-state index contributed by atoms with van der Waals surface area (Å²) in [5.41, 5.74) is 2.14. The number of phenols is 1. The van der Waals surface area contributed by atoms with E-state index in [4.69, 9.17) is 0 Å². The highest BCUT2D eigenvalue weighted by Crippen LogP contribution is 2.20. The van der Waals surface area contributed by atoms with Gasteiger partial charge in [-0.15, -0.1) is 24.8 Å². The summed E-state index contributed by atoms with van der Waals surface area (Å²) < 4.78 is 0. The molecule has 0 aromatic heterocycles. The van der Waals surface area contributed by atoms with Crippen molar-refractivity contribution in [3.63, 3.8) is 0 Å². The summed E-state index contributed by atoms with van der Waals surface area (Å²) in [4.78, 5) is 2.36. The second-order valence-corrected chi connectivity index (χ2v) is 4.16. The number of phenolic OH excluding ortho intramolecular Hbond substituents is 1. The van der Waals surface area contributed by atoms with Crippen molar-refractivity contribution >= 4 is 24.8 Å². The van der Waals surface area contributed by atoms with Gasteiger partial charge in [-0.2, -0.15) is 0 Å². The predicted molar refractivity (Wildman–Crippen MR) is 75.5 cm³/mol. The molecule has 1 aromatic carbocycles.